The second kappa shape index (κ2) is 5.34. The van der Waals surface area contributed by atoms with Crippen LogP contribution in [0.4, 0.5) is 4.79 Å². The number of ether oxygens (including phenoxy) is 1. The number of amides is 1. The molecular weight excluding hydrogens is 198 g/mol. The fourth-order valence-corrected chi connectivity index (χ4v) is 0.910. The summed E-state index contributed by atoms with van der Waals surface area (Å²) in [6.07, 6.45) is 0.950. The first-order valence-corrected chi connectivity index (χ1v) is 4.58. The number of nitrogens with one attached hydrogen (secondary N) is 1. The average Bonchev–Trinajstić information content (AvgIpc) is 2.19. The molecule has 1 atom stereocenters. The minimum absolute atomic E-state index is 0.397. The van der Waals surface area contributed by atoms with Crippen molar-refractivity contribution in [2.75, 3.05) is 0 Å². The summed E-state index contributed by atoms with van der Waals surface area (Å²) in [7, 11) is 0. The lowest BCUT2D eigenvalue weighted by Gasteiger charge is -2.08. The first-order valence-electron chi connectivity index (χ1n) is 4.06. The normalized spacial score (nSPS) is 11.5. The van der Waals surface area contributed by atoms with Gasteiger partial charge in [0.1, 0.15) is 5.75 Å². The summed E-state index contributed by atoms with van der Waals surface area (Å²) < 4.78 is 4.94. The van der Waals surface area contributed by atoms with E-state index >= 15 is 0 Å². The third kappa shape index (κ3) is 3.53. The minimum Gasteiger partial charge on any atom is -0.410 e. The molecule has 0 radical (unpaired) electrons. The van der Waals surface area contributed by atoms with Crippen molar-refractivity contribution in [3.8, 4) is 5.75 Å². The van der Waals surface area contributed by atoms with Gasteiger partial charge in [0.05, 0.1) is 5.37 Å². The van der Waals surface area contributed by atoms with Gasteiger partial charge in [-0.3, -0.25) is 0 Å². The maximum absolute atomic E-state index is 11.2. The van der Waals surface area contributed by atoms with Gasteiger partial charge in [0, 0.05) is 0 Å². The number of carbonyl (C=O) groups excluding carboxylic acids is 1. The average molecular weight is 209 g/mol. The van der Waals surface area contributed by atoms with Gasteiger partial charge in [-0.1, -0.05) is 24.3 Å². The van der Waals surface area contributed by atoms with Crippen molar-refractivity contribution in [1.29, 1.82) is 0 Å². The first kappa shape index (κ1) is 10.7. The van der Waals surface area contributed by atoms with E-state index < -0.39 is 11.5 Å². The molecule has 0 saturated carbocycles. The van der Waals surface area contributed by atoms with Crippen LogP contribution >= 0.6 is 12.6 Å². The molecule has 0 heterocycles. The van der Waals surface area contributed by atoms with E-state index in [0.29, 0.717) is 5.75 Å². The van der Waals surface area contributed by atoms with E-state index in [4.69, 9.17) is 4.74 Å². The molecule has 0 spiro atoms. The highest BCUT2D eigenvalue weighted by atomic mass is 32.1. The van der Waals surface area contributed by atoms with Gasteiger partial charge in [0.25, 0.3) is 0 Å². The highest BCUT2D eigenvalue weighted by Gasteiger charge is 2.05. The summed E-state index contributed by atoms with van der Waals surface area (Å²) >= 11 is 4.01. The van der Waals surface area contributed by atoms with Gasteiger partial charge in [-0.2, -0.15) is 12.6 Å². The Balaban J connectivity index is 2.46. The fourth-order valence-electron chi connectivity index (χ4n) is 0.805. The smallest absolute Gasteiger partial charge is 0.410 e. The molecule has 0 bridgehead atoms. The number of para-hydroxylation sites is 1. The Kier molecular flexibility index (Phi) is 4.07. The van der Waals surface area contributed by atoms with Crippen molar-refractivity contribution in [2.24, 2.45) is 0 Å². The highest BCUT2D eigenvalue weighted by molar-refractivity contribution is 7.81. The van der Waals surface area contributed by atoms with Crippen LogP contribution in [0.1, 0.15) is 0 Å². The van der Waals surface area contributed by atoms with Crippen LogP contribution in [0.3, 0.4) is 0 Å². The number of benzene rings is 1. The monoisotopic (exact) mass is 209 g/mol. The molecule has 1 aromatic rings. The molecule has 0 aromatic heterocycles. The Labute approximate surface area is 88.2 Å². The van der Waals surface area contributed by atoms with Crippen LogP contribution < -0.4 is 10.1 Å². The number of rotatable bonds is 3. The molecule has 1 rings (SSSR count). The lowest BCUT2D eigenvalue weighted by atomic mass is 10.3. The molecule has 4 heteroatoms. The fraction of sp³-hybridized carbons (Fsp3) is 0.100. The molecule has 0 aliphatic heterocycles. The van der Waals surface area contributed by atoms with E-state index in [2.05, 4.69) is 24.5 Å². The van der Waals surface area contributed by atoms with Crippen LogP contribution in [-0.2, 0) is 0 Å². The molecule has 1 aromatic carbocycles. The Morgan fingerprint density at radius 1 is 1.50 bits per heavy atom. The van der Waals surface area contributed by atoms with Crippen molar-refractivity contribution in [3.63, 3.8) is 0 Å². The Bertz CT molecular complexity index is 313. The zero-order valence-electron chi connectivity index (χ0n) is 7.51. The Morgan fingerprint density at radius 2 is 2.14 bits per heavy atom. The summed E-state index contributed by atoms with van der Waals surface area (Å²) in [5.41, 5.74) is 0. The third-order valence-electron chi connectivity index (χ3n) is 1.44. The second-order valence-electron chi connectivity index (χ2n) is 2.53. The van der Waals surface area contributed by atoms with Crippen molar-refractivity contribution in [1.82, 2.24) is 5.32 Å². The van der Waals surface area contributed by atoms with Crippen LogP contribution in [0.2, 0.25) is 0 Å². The van der Waals surface area contributed by atoms with Crippen molar-refractivity contribution in [3.05, 3.63) is 43.0 Å². The number of hydrogen-bond donors (Lipinski definition) is 2. The van der Waals surface area contributed by atoms with E-state index in [1.54, 1.807) is 24.3 Å². The predicted octanol–water partition coefficient (Wildman–Crippen LogP) is 2.22. The lowest BCUT2D eigenvalue weighted by Crippen LogP contribution is -2.31. The molecular formula is C10H11NO2S. The maximum Gasteiger partial charge on any atom is 0.413 e. The topological polar surface area (TPSA) is 38.3 Å². The largest absolute Gasteiger partial charge is 0.413 e. The van der Waals surface area contributed by atoms with Gasteiger partial charge >= 0.3 is 6.09 Å². The molecule has 1 amide bonds. The standard InChI is InChI=1S/C10H11NO2S/c1-2-9(14)11-10(12)13-8-6-4-3-5-7-8/h2-7,9,14H,1H2,(H,11,12). The maximum atomic E-state index is 11.2. The first-order chi connectivity index (χ1) is 6.72. The molecule has 74 valence electrons. The van der Waals surface area contributed by atoms with Crippen LogP contribution in [-0.4, -0.2) is 11.5 Å². The van der Waals surface area contributed by atoms with Crippen LogP contribution in [0.15, 0.2) is 43.0 Å². The summed E-state index contributed by atoms with van der Waals surface area (Å²) in [5.74, 6) is 0.495. The van der Waals surface area contributed by atoms with E-state index in [9.17, 15) is 4.79 Å². The van der Waals surface area contributed by atoms with Gasteiger partial charge in [-0.15, -0.1) is 6.58 Å². The van der Waals surface area contributed by atoms with Crippen LogP contribution in [0.5, 0.6) is 5.75 Å². The van der Waals surface area contributed by atoms with Crippen molar-refractivity contribution < 1.29 is 9.53 Å². The van der Waals surface area contributed by atoms with Gasteiger partial charge in [0.15, 0.2) is 0 Å². The van der Waals surface area contributed by atoms with Crippen molar-refractivity contribution >= 4 is 18.7 Å². The molecule has 0 aliphatic rings. The number of thiol groups is 1. The Morgan fingerprint density at radius 3 is 2.71 bits per heavy atom. The quantitative estimate of drug-likeness (QED) is 0.455. The number of carbonyl (C=O) groups is 1. The van der Waals surface area contributed by atoms with Crippen LogP contribution in [0, 0.1) is 0 Å². The summed E-state index contributed by atoms with van der Waals surface area (Å²) in [5, 5.41) is 2.07. The summed E-state index contributed by atoms with van der Waals surface area (Å²) in [6.45, 7) is 3.47. The second-order valence-corrected chi connectivity index (χ2v) is 3.08. The lowest BCUT2D eigenvalue weighted by molar-refractivity contribution is 0.201. The van der Waals surface area contributed by atoms with E-state index in [-0.39, 0.29) is 0 Å². The van der Waals surface area contributed by atoms with Gasteiger partial charge in [-0.05, 0) is 12.1 Å². The molecule has 0 fully saturated rings. The molecule has 0 aliphatic carbocycles. The SMILES string of the molecule is C=CC(S)NC(=O)Oc1ccccc1. The summed E-state index contributed by atoms with van der Waals surface area (Å²) in [6, 6.07) is 8.81. The van der Waals surface area contributed by atoms with Crippen LogP contribution in [0.25, 0.3) is 0 Å². The van der Waals surface area contributed by atoms with E-state index in [1.165, 1.54) is 6.08 Å². The molecule has 14 heavy (non-hydrogen) atoms. The predicted molar refractivity (Wildman–Crippen MR) is 58.6 cm³/mol. The molecule has 1 unspecified atom stereocenters. The highest BCUT2D eigenvalue weighted by Crippen LogP contribution is 2.08. The summed E-state index contributed by atoms with van der Waals surface area (Å²) in [4.78, 5) is 11.2. The third-order valence-corrected chi connectivity index (χ3v) is 1.78. The molecule has 1 N–H and O–H groups in total. The minimum atomic E-state index is -0.545. The zero-order valence-corrected chi connectivity index (χ0v) is 8.41. The van der Waals surface area contributed by atoms with E-state index in [1.807, 2.05) is 6.07 Å². The Hall–Kier alpha value is -1.42. The van der Waals surface area contributed by atoms with Crippen molar-refractivity contribution in [2.45, 2.75) is 5.37 Å². The molecule has 0 saturated heterocycles. The zero-order chi connectivity index (χ0) is 10.4. The van der Waals surface area contributed by atoms with Gasteiger partial charge < -0.3 is 10.1 Å². The molecule has 3 nitrogen and oxygen atoms in total. The number of hydrogen-bond acceptors (Lipinski definition) is 3. The van der Waals surface area contributed by atoms with Gasteiger partial charge in [0.2, 0.25) is 0 Å². The van der Waals surface area contributed by atoms with E-state index in [0.717, 1.165) is 0 Å². The van der Waals surface area contributed by atoms with Gasteiger partial charge in [-0.25, -0.2) is 4.79 Å².